The predicted molar refractivity (Wildman–Crippen MR) is 98.0 cm³/mol. The summed E-state index contributed by atoms with van der Waals surface area (Å²) in [6.07, 6.45) is 0. The van der Waals surface area contributed by atoms with Gasteiger partial charge in [-0.1, -0.05) is 18.2 Å². The lowest BCUT2D eigenvalue weighted by molar-refractivity contribution is -0.116. The van der Waals surface area contributed by atoms with Crippen molar-refractivity contribution >= 4 is 22.5 Å². The number of nitrogens with zero attached hydrogens (tertiary/aromatic N) is 2. The lowest BCUT2D eigenvalue weighted by atomic mass is 10.1. The molecule has 6 heteroatoms. The minimum atomic E-state index is -0.515. The maximum Gasteiger partial charge on any atom is 0.331 e. The molecule has 1 N–H and O–H groups in total. The highest BCUT2D eigenvalue weighted by Crippen LogP contribution is 2.14. The van der Waals surface area contributed by atoms with Crippen LogP contribution in [0.3, 0.4) is 0 Å². The smallest absolute Gasteiger partial charge is 0.325 e. The summed E-state index contributed by atoms with van der Waals surface area (Å²) in [6.45, 7) is 3.74. The van der Waals surface area contributed by atoms with Crippen molar-refractivity contribution in [2.45, 2.75) is 20.4 Å². The van der Waals surface area contributed by atoms with Crippen molar-refractivity contribution in [3.8, 4) is 0 Å². The molecule has 3 aromatic rings. The number of rotatable bonds is 3. The summed E-state index contributed by atoms with van der Waals surface area (Å²) in [6, 6.07) is 12.5. The van der Waals surface area contributed by atoms with Crippen molar-refractivity contribution in [3.05, 3.63) is 74.4 Å². The van der Waals surface area contributed by atoms with Gasteiger partial charge in [0.2, 0.25) is 5.91 Å². The number of aryl methyl sites for hydroxylation is 2. The molecule has 0 atom stereocenters. The van der Waals surface area contributed by atoms with Gasteiger partial charge in [0, 0.05) is 12.7 Å². The van der Waals surface area contributed by atoms with Gasteiger partial charge in [0.25, 0.3) is 5.56 Å². The Morgan fingerprint density at radius 1 is 1.04 bits per heavy atom. The van der Waals surface area contributed by atoms with Crippen LogP contribution in [0.1, 0.15) is 11.1 Å². The van der Waals surface area contributed by atoms with E-state index in [1.165, 1.54) is 11.6 Å². The van der Waals surface area contributed by atoms with Gasteiger partial charge in [-0.25, -0.2) is 4.79 Å². The fraction of sp³-hybridized carbons (Fsp3) is 0.211. The molecule has 0 aliphatic carbocycles. The first-order valence-electron chi connectivity index (χ1n) is 7.93. The molecule has 1 amide bonds. The second-order valence-electron chi connectivity index (χ2n) is 6.17. The number of nitrogens with one attached hydrogen (secondary N) is 1. The largest absolute Gasteiger partial charge is 0.331 e. The van der Waals surface area contributed by atoms with Crippen molar-refractivity contribution in [3.63, 3.8) is 0 Å². The Bertz CT molecular complexity index is 1070. The summed E-state index contributed by atoms with van der Waals surface area (Å²) in [5.41, 5.74) is 2.33. The second kappa shape index (κ2) is 6.39. The number of carbonyl (C=O) groups is 1. The Labute approximate surface area is 144 Å². The van der Waals surface area contributed by atoms with Crippen molar-refractivity contribution in [2.24, 2.45) is 7.05 Å². The first kappa shape index (κ1) is 16.7. The molecule has 0 spiro atoms. The zero-order valence-corrected chi connectivity index (χ0v) is 14.4. The summed E-state index contributed by atoms with van der Waals surface area (Å²) in [5.74, 6) is -0.323. The number of para-hydroxylation sites is 1. The monoisotopic (exact) mass is 337 g/mol. The summed E-state index contributed by atoms with van der Waals surface area (Å²) < 4.78 is 2.33. The Morgan fingerprint density at radius 3 is 2.36 bits per heavy atom. The van der Waals surface area contributed by atoms with Gasteiger partial charge in [-0.2, -0.15) is 0 Å². The number of hydrogen-bond acceptors (Lipinski definition) is 3. The van der Waals surface area contributed by atoms with Gasteiger partial charge in [-0.3, -0.25) is 18.7 Å². The second-order valence-corrected chi connectivity index (χ2v) is 6.17. The zero-order valence-electron chi connectivity index (χ0n) is 14.4. The van der Waals surface area contributed by atoms with Crippen LogP contribution in [-0.2, 0) is 18.4 Å². The van der Waals surface area contributed by atoms with Crippen molar-refractivity contribution < 1.29 is 4.79 Å². The SMILES string of the molecule is Cc1cc(C)cc(NC(=O)Cn2c(=O)n(C)c(=O)c3ccccc32)c1. The van der Waals surface area contributed by atoms with Gasteiger partial charge in [0.05, 0.1) is 10.9 Å². The van der Waals surface area contributed by atoms with E-state index in [0.717, 1.165) is 15.7 Å². The van der Waals surface area contributed by atoms with Crippen LogP contribution in [0.5, 0.6) is 0 Å². The zero-order chi connectivity index (χ0) is 18.1. The highest BCUT2D eigenvalue weighted by molar-refractivity contribution is 5.91. The van der Waals surface area contributed by atoms with Crippen LogP contribution in [0.25, 0.3) is 10.9 Å². The molecule has 0 saturated heterocycles. The Hall–Kier alpha value is -3.15. The van der Waals surface area contributed by atoms with Crippen LogP contribution in [0.15, 0.2) is 52.1 Å². The summed E-state index contributed by atoms with van der Waals surface area (Å²) in [4.78, 5) is 37.1. The molecule has 0 bridgehead atoms. The molecule has 0 aliphatic rings. The number of anilines is 1. The number of aromatic nitrogens is 2. The van der Waals surface area contributed by atoms with Crippen LogP contribution >= 0.6 is 0 Å². The van der Waals surface area contributed by atoms with Crippen LogP contribution in [-0.4, -0.2) is 15.0 Å². The van der Waals surface area contributed by atoms with Crippen LogP contribution in [0, 0.1) is 13.8 Å². The fourth-order valence-corrected chi connectivity index (χ4v) is 2.99. The third-order valence-electron chi connectivity index (χ3n) is 4.05. The van der Waals surface area contributed by atoms with Crippen molar-refractivity contribution in [1.29, 1.82) is 0 Å². The Kier molecular flexibility index (Phi) is 4.27. The molecular weight excluding hydrogens is 318 g/mol. The molecule has 3 rings (SSSR count). The van der Waals surface area contributed by atoms with E-state index >= 15 is 0 Å². The van der Waals surface area contributed by atoms with Crippen molar-refractivity contribution in [2.75, 3.05) is 5.32 Å². The van der Waals surface area contributed by atoms with Gasteiger partial charge in [-0.15, -0.1) is 0 Å². The van der Waals surface area contributed by atoms with Crippen molar-refractivity contribution in [1.82, 2.24) is 9.13 Å². The lowest BCUT2D eigenvalue weighted by Gasteiger charge is -2.12. The number of benzene rings is 2. The Balaban J connectivity index is 1.99. The molecule has 0 aliphatic heterocycles. The van der Waals surface area contributed by atoms with Gasteiger partial charge in [-0.05, 0) is 49.2 Å². The molecule has 6 nitrogen and oxygen atoms in total. The highest BCUT2D eigenvalue weighted by Gasteiger charge is 2.13. The molecule has 0 radical (unpaired) electrons. The highest BCUT2D eigenvalue weighted by atomic mass is 16.2. The minimum absolute atomic E-state index is 0.166. The molecule has 25 heavy (non-hydrogen) atoms. The van der Waals surface area contributed by atoms with Gasteiger partial charge < -0.3 is 5.32 Å². The quantitative estimate of drug-likeness (QED) is 0.794. The lowest BCUT2D eigenvalue weighted by Crippen LogP contribution is -2.40. The molecule has 0 unspecified atom stereocenters. The van der Waals surface area contributed by atoms with Gasteiger partial charge in [0.15, 0.2) is 0 Å². The van der Waals surface area contributed by atoms with Crippen LogP contribution in [0.4, 0.5) is 5.69 Å². The van der Waals surface area contributed by atoms with E-state index in [2.05, 4.69) is 5.32 Å². The topological polar surface area (TPSA) is 73.1 Å². The third kappa shape index (κ3) is 3.24. The molecule has 0 saturated carbocycles. The first-order valence-corrected chi connectivity index (χ1v) is 7.93. The van der Waals surface area contributed by atoms with Gasteiger partial charge >= 0.3 is 5.69 Å². The summed E-state index contributed by atoms with van der Waals surface area (Å²) in [7, 11) is 1.41. The third-order valence-corrected chi connectivity index (χ3v) is 4.05. The molecule has 128 valence electrons. The van der Waals surface area contributed by atoms with E-state index in [-0.39, 0.29) is 18.0 Å². The summed E-state index contributed by atoms with van der Waals surface area (Å²) >= 11 is 0. The molecule has 1 heterocycles. The standard InChI is InChI=1S/C19H19N3O3/c1-12-8-13(2)10-14(9-12)20-17(23)11-22-16-7-5-4-6-15(16)18(24)21(3)19(22)25/h4-10H,11H2,1-3H3,(H,20,23). The normalized spacial score (nSPS) is 10.8. The first-order chi connectivity index (χ1) is 11.9. The van der Waals surface area contributed by atoms with E-state index in [4.69, 9.17) is 0 Å². The van der Waals surface area contributed by atoms with E-state index in [1.807, 2.05) is 32.0 Å². The minimum Gasteiger partial charge on any atom is -0.325 e. The average molecular weight is 337 g/mol. The van der Waals surface area contributed by atoms with E-state index in [1.54, 1.807) is 24.3 Å². The Morgan fingerprint density at radius 2 is 1.68 bits per heavy atom. The fourth-order valence-electron chi connectivity index (χ4n) is 2.99. The molecular formula is C19H19N3O3. The number of amides is 1. The molecule has 1 aromatic heterocycles. The number of carbonyl (C=O) groups excluding carboxylic acids is 1. The van der Waals surface area contributed by atoms with Gasteiger partial charge in [0.1, 0.15) is 6.54 Å². The van der Waals surface area contributed by atoms with E-state index in [0.29, 0.717) is 16.6 Å². The van der Waals surface area contributed by atoms with Crippen LogP contribution < -0.4 is 16.6 Å². The maximum absolute atomic E-state index is 12.4. The number of hydrogen-bond donors (Lipinski definition) is 1. The maximum atomic E-state index is 12.4. The molecule has 2 aromatic carbocycles. The predicted octanol–water partition coefficient (Wildman–Crippen LogP) is 1.96. The summed E-state index contributed by atoms with van der Waals surface area (Å²) in [5, 5.41) is 3.22. The van der Waals surface area contributed by atoms with Crippen LogP contribution in [0.2, 0.25) is 0 Å². The number of fused-ring (bicyclic) bond motifs is 1. The van der Waals surface area contributed by atoms with E-state index < -0.39 is 5.69 Å². The average Bonchev–Trinajstić information content (AvgIpc) is 2.56. The molecule has 0 fully saturated rings. The van der Waals surface area contributed by atoms with E-state index in [9.17, 15) is 14.4 Å².